The summed E-state index contributed by atoms with van der Waals surface area (Å²) in [7, 11) is 0. The third-order valence-corrected chi connectivity index (χ3v) is 2.41. The van der Waals surface area contributed by atoms with Gasteiger partial charge in [0.15, 0.2) is 0 Å². The molecule has 58 valence electrons. The van der Waals surface area contributed by atoms with Crippen LogP contribution in [0.25, 0.3) is 0 Å². The summed E-state index contributed by atoms with van der Waals surface area (Å²) >= 11 is 1.68. The van der Waals surface area contributed by atoms with E-state index in [0.29, 0.717) is 0 Å². The van der Waals surface area contributed by atoms with Crippen LogP contribution in [0.4, 0.5) is 0 Å². The number of hydrogen-bond acceptors (Lipinski definition) is 1. The van der Waals surface area contributed by atoms with Gasteiger partial charge in [-0.25, -0.2) is 0 Å². The quantitative estimate of drug-likeness (QED) is 0.602. The molecule has 0 spiro atoms. The van der Waals surface area contributed by atoms with Crippen molar-refractivity contribution < 1.29 is 0 Å². The molecular formula is C10H12S. The Bertz CT molecular complexity index is 264. The molecule has 0 saturated carbocycles. The lowest BCUT2D eigenvalue weighted by atomic mass is 10.2. The molecule has 0 atom stereocenters. The lowest BCUT2D eigenvalue weighted by Gasteiger charge is -2.02. The average molecular weight is 164 g/mol. The van der Waals surface area contributed by atoms with Crippen molar-refractivity contribution >= 4 is 11.8 Å². The first-order chi connectivity index (χ1) is 5.24. The van der Waals surface area contributed by atoms with Crippen molar-refractivity contribution in [1.82, 2.24) is 0 Å². The molecule has 0 bridgehead atoms. The van der Waals surface area contributed by atoms with Crippen molar-refractivity contribution in [3.05, 3.63) is 41.3 Å². The first-order valence-electron chi connectivity index (χ1n) is 3.59. The minimum atomic E-state index is 1.31. The van der Waals surface area contributed by atoms with Gasteiger partial charge < -0.3 is 0 Å². The van der Waals surface area contributed by atoms with E-state index in [0.717, 1.165) is 0 Å². The van der Waals surface area contributed by atoms with Crippen LogP contribution in [-0.4, -0.2) is 0 Å². The third-order valence-electron chi connectivity index (χ3n) is 1.55. The van der Waals surface area contributed by atoms with E-state index in [1.54, 1.807) is 11.8 Å². The van der Waals surface area contributed by atoms with Crippen LogP contribution in [0.5, 0.6) is 0 Å². The van der Waals surface area contributed by atoms with E-state index in [1.807, 2.05) is 5.41 Å². The lowest BCUT2D eigenvalue weighted by Crippen LogP contribution is -1.78. The summed E-state index contributed by atoms with van der Waals surface area (Å²) in [6.07, 6.45) is 0. The van der Waals surface area contributed by atoms with Gasteiger partial charge in [-0.05, 0) is 36.4 Å². The maximum absolute atomic E-state index is 3.69. The maximum atomic E-state index is 3.69. The summed E-state index contributed by atoms with van der Waals surface area (Å²) in [6, 6.07) is 6.45. The first kappa shape index (κ1) is 8.41. The second-order valence-electron chi connectivity index (χ2n) is 2.55. The molecule has 0 fully saturated rings. The molecule has 1 heteroatoms. The van der Waals surface area contributed by atoms with Crippen LogP contribution in [-0.2, 0) is 0 Å². The fourth-order valence-corrected chi connectivity index (χ4v) is 1.61. The largest absolute Gasteiger partial charge is 0.0984 e. The second kappa shape index (κ2) is 3.63. The van der Waals surface area contributed by atoms with Crippen molar-refractivity contribution in [3.63, 3.8) is 0 Å². The van der Waals surface area contributed by atoms with Gasteiger partial charge in [-0.2, -0.15) is 0 Å². The van der Waals surface area contributed by atoms with Gasteiger partial charge in [-0.15, -0.1) is 0 Å². The molecule has 0 aromatic heterocycles. The zero-order valence-electron chi connectivity index (χ0n) is 6.92. The van der Waals surface area contributed by atoms with Gasteiger partial charge in [0, 0.05) is 4.90 Å². The monoisotopic (exact) mass is 164 g/mol. The van der Waals surface area contributed by atoms with E-state index in [4.69, 9.17) is 0 Å². The third kappa shape index (κ3) is 2.12. The molecule has 0 unspecified atom stereocenters. The highest BCUT2D eigenvalue weighted by atomic mass is 32.2. The van der Waals surface area contributed by atoms with Crippen LogP contribution in [0, 0.1) is 13.8 Å². The van der Waals surface area contributed by atoms with Crippen LogP contribution >= 0.6 is 11.8 Å². The summed E-state index contributed by atoms with van der Waals surface area (Å²) in [5.41, 5.74) is 2.63. The SMILES string of the molecule is C=CSc1cc(C)ccc1C. The van der Waals surface area contributed by atoms with Crippen molar-refractivity contribution in [1.29, 1.82) is 0 Å². The van der Waals surface area contributed by atoms with Crippen molar-refractivity contribution in [2.45, 2.75) is 18.7 Å². The highest BCUT2D eigenvalue weighted by molar-refractivity contribution is 8.02. The number of benzene rings is 1. The van der Waals surface area contributed by atoms with Crippen molar-refractivity contribution in [2.24, 2.45) is 0 Å². The Balaban J connectivity index is 3.01. The van der Waals surface area contributed by atoms with Crippen LogP contribution in [0.15, 0.2) is 35.1 Å². The number of aryl methyl sites for hydroxylation is 2. The molecule has 1 aromatic carbocycles. The highest BCUT2D eigenvalue weighted by Crippen LogP contribution is 2.23. The molecule has 1 aromatic rings. The molecule has 0 nitrogen and oxygen atoms in total. The van der Waals surface area contributed by atoms with Crippen LogP contribution in [0.2, 0.25) is 0 Å². The number of hydrogen-bond donors (Lipinski definition) is 0. The van der Waals surface area contributed by atoms with Crippen molar-refractivity contribution in [2.75, 3.05) is 0 Å². The Labute approximate surface area is 72.3 Å². The molecule has 0 aliphatic carbocycles. The predicted octanol–water partition coefficient (Wildman–Crippen LogP) is 3.54. The minimum absolute atomic E-state index is 1.31. The van der Waals surface area contributed by atoms with E-state index >= 15 is 0 Å². The van der Waals surface area contributed by atoms with Crippen LogP contribution in [0.3, 0.4) is 0 Å². The normalized spacial score (nSPS) is 9.64. The molecular weight excluding hydrogens is 152 g/mol. The van der Waals surface area contributed by atoms with Gasteiger partial charge in [0.25, 0.3) is 0 Å². The first-order valence-corrected chi connectivity index (χ1v) is 4.47. The van der Waals surface area contributed by atoms with E-state index in [9.17, 15) is 0 Å². The minimum Gasteiger partial charge on any atom is -0.0984 e. The summed E-state index contributed by atoms with van der Waals surface area (Å²) in [6.45, 7) is 7.91. The highest BCUT2D eigenvalue weighted by Gasteiger charge is 1.95. The Morgan fingerprint density at radius 2 is 2.09 bits per heavy atom. The fraction of sp³-hybridized carbons (Fsp3) is 0.200. The van der Waals surface area contributed by atoms with Gasteiger partial charge in [0.05, 0.1) is 0 Å². The van der Waals surface area contributed by atoms with Gasteiger partial charge in [0.2, 0.25) is 0 Å². The molecule has 0 aliphatic rings. The Hall–Kier alpha value is -0.690. The van der Waals surface area contributed by atoms with Gasteiger partial charge in [-0.3, -0.25) is 0 Å². The molecule has 0 saturated heterocycles. The molecule has 0 amide bonds. The van der Waals surface area contributed by atoms with Gasteiger partial charge in [0.1, 0.15) is 0 Å². The fourth-order valence-electron chi connectivity index (χ4n) is 0.924. The summed E-state index contributed by atoms with van der Waals surface area (Å²) in [5.74, 6) is 0. The lowest BCUT2D eigenvalue weighted by molar-refractivity contribution is 1.26. The molecule has 0 radical (unpaired) electrons. The number of rotatable bonds is 2. The Kier molecular flexibility index (Phi) is 2.77. The zero-order chi connectivity index (χ0) is 8.27. The van der Waals surface area contributed by atoms with E-state index < -0.39 is 0 Å². The topological polar surface area (TPSA) is 0 Å². The molecule has 11 heavy (non-hydrogen) atoms. The van der Waals surface area contributed by atoms with E-state index in [-0.39, 0.29) is 0 Å². The van der Waals surface area contributed by atoms with Gasteiger partial charge >= 0.3 is 0 Å². The van der Waals surface area contributed by atoms with Crippen molar-refractivity contribution in [3.8, 4) is 0 Å². The molecule has 0 aliphatic heterocycles. The van der Waals surface area contributed by atoms with Gasteiger partial charge in [-0.1, -0.05) is 30.5 Å². The van der Waals surface area contributed by atoms with E-state index in [2.05, 4.69) is 38.6 Å². The Morgan fingerprint density at radius 3 is 2.73 bits per heavy atom. The molecule has 0 N–H and O–H groups in total. The summed E-state index contributed by atoms with van der Waals surface area (Å²) < 4.78 is 0. The van der Waals surface area contributed by atoms with Crippen LogP contribution in [0.1, 0.15) is 11.1 Å². The zero-order valence-corrected chi connectivity index (χ0v) is 7.74. The van der Waals surface area contributed by atoms with E-state index in [1.165, 1.54) is 16.0 Å². The van der Waals surface area contributed by atoms with Crippen LogP contribution < -0.4 is 0 Å². The summed E-state index contributed by atoms with van der Waals surface area (Å²) in [4.78, 5) is 1.31. The Morgan fingerprint density at radius 1 is 1.36 bits per heavy atom. The standard InChI is InChI=1S/C10H12S/c1-4-11-10-7-8(2)5-6-9(10)3/h4-7H,1H2,2-3H3. The average Bonchev–Trinajstić information content (AvgIpc) is 1.98. The maximum Gasteiger partial charge on any atom is 0.0147 e. The predicted molar refractivity (Wildman–Crippen MR) is 52.0 cm³/mol. The number of thioether (sulfide) groups is 1. The second-order valence-corrected chi connectivity index (χ2v) is 3.56. The molecule has 1 rings (SSSR count). The molecule has 0 heterocycles. The smallest absolute Gasteiger partial charge is 0.0147 e. The summed E-state index contributed by atoms with van der Waals surface area (Å²) in [5, 5.41) is 1.86.